The molecule has 1 saturated heterocycles. The van der Waals surface area contributed by atoms with Crippen molar-refractivity contribution in [1.82, 2.24) is 10.2 Å². The SMILES string of the molecule is O=C(NCc1ccc(CN2CCC(O)CC2)cc1)c1cc(Br)ccc1Cl. The Hall–Kier alpha value is -1.40. The molecule has 1 aliphatic rings. The van der Waals surface area contributed by atoms with Gasteiger partial charge in [0.05, 0.1) is 16.7 Å². The highest BCUT2D eigenvalue weighted by Gasteiger charge is 2.16. The van der Waals surface area contributed by atoms with Gasteiger partial charge in [-0.15, -0.1) is 0 Å². The van der Waals surface area contributed by atoms with Crippen LogP contribution < -0.4 is 5.32 Å². The molecule has 0 atom stereocenters. The van der Waals surface area contributed by atoms with Crippen LogP contribution in [0.2, 0.25) is 5.02 Å². The standard InChI is InChI=1S/C20H22BrClN2O2/c21-16-5-6-19(22)18(11-16)20(26)23-12-14-1-3-15(4-2-14)13-24-9-7-17(25)8-10-24/h1-6,11,17,25H,7-10,12-13H2,(H,23,26). The minimum atomic E-state index is -0.188. The van der Waals surface area contributed by atoms with E-state index in [9.17, 15) is 9.90 Å². The fourth-order valence-electron chi connectivity index (χ4n) is 3.05. The first-order valence-electron chi connectivity index (χ1n) is 8.73. The lowest BCUT2D eigenvalue weighted by Crippen LogP contribution is -2.35. The number of piperidine rings is 1. The number of hydrogen-bond acceptors (Lipinski definition) is 3. The molecule has 26 heavy (non-hydrogen) atoms. The van der Waals surface area contributed by atoms with Gasteiger partial charge in [0.15, 0.2) is 0 Å². The Kier molecular flexibility index (Phi) is 6.70. The number of amides is 1. The zero-order chi connectivity index (χ0) is 18.5. The summed E-state index contributed by atoms with van der Waals surface area (Å²) in [5, 5.41) is 12.9. The Balaban J connectivity index is 1.52. The van der Waals surface area contributed by atoms with Crippen LogP contribution in [-0.4, -0.2) is 35.1 Å². The number of benzene rings is 2. The maximum absolute atomic E-state index is 12.3. The van der Waals surface area contributed by atoms with Crippen molar-refractivity contribution in [3.63, 3.8) is 0 Å². The third-order valence-corrected chi connectivity index (χ3v) is 5.44. The summed E-state index contributed by atoms with van der Waals surface area (Å²) in [5.41, 5.74) is 2.75. The van der Waals surface area contributed by atoms with E-state index in [1.165, 1.54) is 5.56 Å². The van der Waals surface area contributed by atoms with E-state index < -0.39 is 0 Å². The summed E-state index contributed by atoms with van der Waals surface area (Å²) in [4.78, 5) is 14.7. The topological polar surface area (TPSA) is 52.6 Å². The summed E-state index contributed by atoms with van der Waals surface area (Å²) in [6.07, 6.45) is 1.56. The van der Waals surface area contributed by atoms with Crippen molar-refractivity contribution in [1.29, 1.82) is 0 Å². The molecule has 2 aromatic carbocycles. The van der Waals surface area contributed by atoms with Crippen molar-refractivity contribution in [3.05, 3.63) is 68.7 Å². The molecule has 0 aromatic heterocycles. The molecular formula is C20H22BrClN2O2. The minimum absolute atomic E-state index is 0.143. The molecule has 0 saturated carbocycles. The number of carbonyl (C=O) groups is 1. The lowest BCUT2D eigenvalue weighted by molar-refractivity contribution is 0.0792. The summed E-state index contributed by atoms with van der Waals surface area (Å²) in [7, 11) is 0. The molecule has 6 heteroatoms. The Morgan fingerprint density at radius 2 is 1.81 bits per heavy atom. The predicted molar refractivity (Wildman–Crippen MR) is 107 cm³/mol. The zero-order valence-electron chi connectivity index (χ0n) is 14.4. The van der Waals surface area contributed by atoms with Crippen LogP contribution in [0.15, 0.2) is 46.9 Å². The number of likely N-dealkylation sites (tertiary alicyclic amines) is 1. The van der Waals surface area contributed by atoms with E-state index in [0.717, 1.165) is 42.5 Å². The molecule has 1 amide bonds. The first-order valence-corrected chi connectivity index (χ1v) is 9.90. The molecule has 1 fully saturated rings. The highest BCUT2D eigenvalue weighted by Crippen LogP contribution is 2.21. The van der Waals surface area contributed by atoms with Crippen molar-refractivity contribution < 1.29 is 9.90 Å². The van der Waals surface area contributed by atoms with Crippen molar-refractivity contribution in [2.24, 2.45) is 0 Å². The Bertz CT molecular complexity index is 759. The van der Waals surface area contributed by atoms with E-state index in [0.29, 0.717) is 17.1 Å². The van der Waals surface area contributed by atoms with Gasteiger partial charge in [0.2, 0.25) is 0 Å². The number of carbonyl (C=O) groups excluding carboxylic acids is 1. The molecule has 0 aliphatic carbocycles. The van der Waals surface area contributed by atoms with Crippen molar-refractivity contribution >= 4 is 33.4 Å². The predicted octanol–water partition coefficient (Wildman–Crippen LogP) is 3.99. The number of nitrogens with zero attached hydrogens (tertiary/aromatic N) is 1. The van der Waals surface area contributed by atoms with Gasteiger partial charge in [0.25, 0.3) is 5.91 Å². The number of hydrogen-bond donors (Lipinski definition) is 2. The molecule has 4 nitrogen and oxygen atoms in total. The normalized spacial score (nSPS) is 15.8. The first-order chi connectivity index (χ1) is 12.5. The molecule has 0 unspecified atom stereocenters. The maximum Gasteiger partial charge on any atom is 0.253 e. The molecule has 1 heterocycles. The first kappa shape index (κ1) is 19.4. The van der Waals surface area contributed by atoms with Crippen LogP contribution in [0.25, 0.3) is 0 Å². The van der Waals surface area contributed by atoms with Crippen LogP contribution in [0.5, 0.6) is 0 Å². The molecule has 0 bridgehead atoms. The van der Waals surface area contributed by atoms with Crippen molar-refractivity contribution in [2.45, 2.75) is 32.0 Å². The van der Waals surface area contributed by atoms with E-state index in [1.54, 1.807) is 18.2 Å². The molecule has 2 N–H and O–H groups in total. The smallest absolute Gasteiger partial charge is 0.253 e. The molecule has 0 radical (unpaired) electrons. The van der Waals surface area contributed by atoms with Gasteiger partial charge in [-0.2, -0.15) is 0 Å². The van der Waals surface area contributed by atoms with Crippen LogP contribution in [0.4, 0.5) is 0 Å². The van der Waals surface area contributed by atoms with Crippen LogP contribution in [0, 0.1) is 0 Å². The number of aliphatic hydroxyl groups is 1. The Labute approximate surface area is 167 Å². The average Bonchev–Trinajstić information content (AvgIpc) is 2.65. The van der Waals surface area contributed by atoms with Crippen LogP contribution in [0.1, 0.15) is 34.3 Å². The molecule has 0 spiro atoms. The Morgan fingerprint density at radius 1 is 1.15 bits per heavy atom. The molecule has 1 aliphatic heterocycles. The van der Waals surface area contributed by atoms with E-state index in [1.807, 2.05) is 12.1 Å². The van der Waals surface area contributed by atoms with Crippen LogP contribution >= 0.6 is 27.5 Å². The van der Waals surface area contributed by atoms with Gasteiger partial charge in [0.1, 0.15) is 0 Å². The second-order valence-corrected chi connectivity index (χ2v) is 7.95. The highest BCUT2D eigenvalue weighted by molar-refractivity contribution is 9.10. The fraction of sp³-hybridized carbons (Fsp3) is 0.350. The highest BCUT2D eigenvalue weighted by atomic mass is 79.9. The summed E-state index contributed by atoms with van der Waals surface area (Å²) < 4.78 is 0.821. The number of nitrogens with one attached hydrogen (secondary N) is 1. The summed E-state index contributed by atoms with van der Waals surface area (Å²) >= 11 is 9.45. The summed E-state index contributed by atoms with van der Waals surface area (Å²) in [6, 6.07) is 13.5. The van der Waals surface area contributed by atoms with Gasteiger partial charge in [0, 0.05) is 30.7 Å². The minimum Gasteiger partial charge on any atom is -0.393 e. The lowest BCUT2D eigenvalue weighted by Gasteiger charge is -2.29. The van der Waals surface area contributed by atoms with Gasteiger partial charge < -0.3 is 10.4 Å². The zero-order valence-corrected chi connectivity index (χ0v) is 16.8. The number of halogens is 2. The molecular weight excluding hydrogens is 416 g/mol. The molecule has 138 valence electrons. The quantitative estimate of drug-likeness (QED) is 0.744. The van der Waals surface area contributed by atoms with Crippen LogP contribution in [0.3, 0.4) is 0 Å². The van der Waals surface area contributed by atoms with Gasteiger partial charge in [-0.3, -0.25) is 9.69 Å². The largest absolute Gasteiger partial charge is 0.393 e. The second-order valence-electron chi connectivity index (χ2n) is 6.63. The van der Waals surface area contributed by atoms with Gasteiger partial charge >= 0.3 is 0 Å². The monoisotopic (exact) mass is 436 g/mol. The Morgan fingerprint density at radius 3 is 2.50 bits per heavy atom. The third kappa shape index (κ3) is 5.30. The van der Waals surface area contributed by atoms with Gasteiger partial charge in [-0.1, -0.05) is 51.8 Å². The van der Waals surface area contributed by atoms with E-state index in [4.69, 9.17) is 11.6 Å². The van der Waals surface area contributed by atoms with Gasteiger partial charge in [-0.05, 0) is 42.2 Å². The molecule has 3 rings (SSSR count). The lowest BCUT2D eigenvalue weighted by atomic mass is 10.1. The van der Waals surface area contributed by atoms with Gasteiger partial charge in [-0.25, -0.2) is 0 Å². The third-order valence-electron chi connectivity index (χ3n) is 4.61. The van der Waals surface area contributed by atoms with E-state index >= 15 is 0 Å². The second kappa shape index (κ2) is 9.00. The number of rotatable bonds is 5. The van der Waals surface area contributed by atoms with Crippen molar-refractivity contribution in [2.75, 3.05) is 13.1 Å². The number of aliphatic hydroxyl groups excluding tert-OH is 1. The maximum atomic E-state index is 12.3. The average molecular weight is 438 g/mol. The fourth-order valence-corrected chi connectivity index (χ4v) is 3.61. The summed E-state index contributed by atoms with van der Waals surface area (Å²) in [5.74, 6) is -0.188. The van der Waals surface area contributed by atoms with Crippen molar-refractivity contribution in [3.8, 4) is 0 Å². The van der Waals surface area contributed by atoms with E-state index in [2.05, 4.69) is 38.3 Å². The van der Waals surface area contributed by atoms with E-state index in [-0.39, 0.29) is 12.0 Å². The molecule has 2 aromatic rings. The van der Waals surface area contributed by atoms with Crippen LogP contribution in [-0.2, 0) is 13.1 Å². The summed E-state index contributed by atoms with van der Waals surface area (Å²) in [6.45, 7) is 3.23.